The summed E-state index contributed by atoms with van der Waals surface area (Å²) in [5, 5.41) is 10.2. The van der Waals surface area contributed by atoms with Gasteiger partial charge in [0.2, 0.25) is 0 Å². The quantitative estimate of drug-likeness (QED) is 0.600. The second-order valence-corrected chi connectivity index (χ2v) is 6.02. The lowest BCUT2D eigenvalue weighted by molar-refractivity contribution is 0.102. The van der Waals surface area contributed by atoms with Crippen LogP contribution in [0.2, 0.25) is 0 Å². The SMILES string of the molecule is O=C(Nc1cccc(-c2ccn[nH]2)c1)c1nc2ccccc2s1. The molecule has 2 N–H and O–H groups in total. The average molecular weight is 320 g/mol. The van der Waals surface area contributed by atoms with E-state index in [1.165, 1.54) is 11.3 Å². The third kappa shape index (κ3) is 2.72. The maximum atomic E-state index is 12.4. The zero-order valence-electron chi connectivity index (χ0n) is 12.0. The molecule has 0 aliphatic heterocycles. The van der Waals surface area contributed by atoms with Crippen LogP contribution in [0.1, 0.15) is 9.80 Å². The van der Waals surface area contributed by atoms with E-state index >= 15 is 0 Å². The summed E-state index contributed by atoms with van der Waals surface area (Å²) in [6.45, 7) is 0. The molecule has 0 fully saturated rings. The predicted molar refractivity (Wildman–Crippen MR) is 91.6 cm³/mol. The highest BCUT2D eigenvalue weighted by molar-refractivity contribution is 7.20. The number of nitrogens with zero attached hydrogens (tertiary/aromatic N) is 2. The fraction of sp³-hybridized carbons (Fsp3) is 0. The largest absolute Gasteiger partial charge is 0.320 e. The highest BCUT2D eigenvalue weighted by Gasteiger charge is 2.12. The number of carbonyl (C=O) groups excluding carboxylic acids is 1. The zero-order valence-corrected chi connectivity index (χ0v) is 12.8. The molecule has 0 atom stereocenters. The number of fused-ring (bicyclic) bond motifs is 1. The monoisotopic (exact) mass is 320 g/mol. The van der Waals surface area contributed by atoms with Crippen molar-refractivity contribution in [2.24, 2.45) is 0 Å². The van der Waals surface area contributed by atoms with E-state index in [4.69, 9.17) is 0 Å². The molecule has 0 saturated heterocycles. The van der Waals surface area contributed by atoms with E-state index in [-0.39, 0.29) is 5.91 Å². The smallest absolute Gasteiger partial charge is 0.284 e. The maximum absolute atomic E-state index is 12.4. The van der Waals surface area contributed by atoms with Crippen LogP contribution >= 0.6 is 11.3 Å². The Hall–Kier alpha value is -2.99. The Balaban J connectivity index is 1.60. The number of rotatable bonds is 3. The number of nitrogens with one attached hydrogen (secondary N) is 2. The molecule has 4 aromatic rings. The molecule has 6 heteroatoms. The second kappa shape index (κ2) is 5.66. The molecule has 0 aliphatic carbocycles. The lowest BCUT2D eigenvalue weighted by atomic mass is 10.1. The summed E-state index contributed by atoms with van der Waals surface area (Å²) in [5.41, 5.74) is 3.43. The van der Waals surface area contributed by atoms with Crippen LogP contribution in [0.15, 0.2) is 60.8 Å². The van der Waals surface area contributed by atoms with Gasteiger partial charge in [-0.25, -0.2) is 4.98 Å². The summed E-state index contributed by atoms with van der Waals surface area (Å²) in [7, 11) is 0. The van der Waals surface area contributed by atoms with Crippen molar-refractivity contribution in [3.63, 3.8) is 0 Å². The number of aromatic amines is 1. The van der Waals surface area contributed by atoms with E-state index in [9.17, 15) is 4.79 Å². The van der Waals surface area contributed by atoms with Crippen molar-refractivity contribution in [1.29, 1.82) is 0 Å². The molecule has 5 nitrogen and oxygen atoms in total. The lowest BCUT2D eigenvalue weighted by Gasteiger charge is -2.05. The molecule has 4 rings (SSSR count). The number of hydrogen-bond acceptors (Lipinski definition) is 4. The van der Waals surface area contributed by atoms with E-state index in [2.05, 4.69) is 20.5 Å². The van der Waals surface area contributed by atoms with Crippen molar-refractivity contribution in [2.75, 3.05) is 5.32 Å². The van der Waals surface area contributed by atoms with Crippen LogP contribution in [0.5, 0.6) is 0 Å². The number of para-hydroxylation sites is 1. The van der Waals surface area contributed by atoms with E-state index < -0.39 is 0 Å². The van der Waals surface area contributed by atoms with Crippen molar-refractivity contribution >= 4 is 33.1 Å². The van der Waals surface area contributed by atoms with Gasteiger partial charge in [-0.15, -0.1) is 11.3 Å². The van der Waals surface area contributed by atoms with Crippen molar-refractivity contribution in [2.45, 2.75) is 0 Å². The Morgan fingerprint density at radius 1 is 1.09 bits per heavy atom. The Morgan fingerprint density at radius 2 is 2.00 bits per heavy atom. The highest BCUT2D eigenvalue weighted by Crippen LogP contribution is 2.24. The Morgan fingerprint density at radius 3 is 2.83 bits per heavy atom. The molecule has 0 bridgehead atoms. The van der Waals surface area contributed by atoms with Gasteiger partial charge in [0, 0.05) is 17.4 Å². The van der Waals surface area contributed by atoms with Crippen molar-refractivity contribution in [3.05, 3.63) is 65.8 Å². The number of H-pyrrole nitrogens is 1. The van der Waals surface area contributed by atoms with Crippen molar-refractivity contribution in [3.8, 4) is 11.3 Å². The Labute approximate surface area is 136 Å². The van der Waals surface area contributed by atoms with Gasteiger partial charge < -0.3 is 5.32 Å². The number of carbonyl (C=O) groups is 1. The fourth-order valence-corrected chi connectivity index (χ4v) is 3.20. The normalized spacial score (nSPS) is 10.8. The minimum absolute atomic E-state index is 0.201. The number of aromatic nitrogens is 3. The number of thiazole rings is 1. The first kappa shape index (κ1) is 13.7. The average Bonchev–Trinajstić information content (AvgIpc) is 3.24. The molecular weight excluding hydrogens is 308 g/mol. The molecule has 0 aliphatic rings. The predicted octanol–water partition coefficient (Wildman–Crippen LogP) is 3.94. The van der Waals surface area contributed by atoms with Crippen LogP contribution < -0.4 is 5.32 Å². The van der Waals surface area contributed by atoms with Gasteiger partial charge >= 0.3 is 0 Å². The zero-order chi connectivity index (χ0) is 15.6. The molecule has 23 heavy (non-hydrogen) atoms. The molecule has 1 amide bonds. The lowest BCUT2D eigenvalue weighted by Crippen LogP contribution is -2.11. The molecule has 0 saturated carbocycles. The molecule has 112 valence electrons. The van der Waals surface area contributed by atoms with Crippen LogP contribution in [0.4, 0.5) is 5.69 Å². The van der Waals surface area contributed by atoms with Gasteiger partial charge in [-0.1, -0.05) is 24.3 Å². The van der Waals surface area contributed by atoms with E-state index in [0.29, 0.717) is 5.01 Å². The first-order chi connectivity index (χ1) is 11.3. The van der Waals surface area contributed by atoms with Crippen LogP contribution in [0.3, 0.4) is 0 Å². The summed E-state index contributed by atoms with van der Waals surface area (Å²) < 4.78 is 1.00. The van der Waals surface area contributed by atoms with Crippen LogP contribution in [-0.4, -0.2) is 21.1 Å². The topological polar surface area (TPSA) is 70.7 Å². The highest BCUT2D eigenvalue weighted by atomic mass is 32.1. The second-order valence-electron chi connectivity index (χ2n) is 4.99. The third-order valence-corrected chi connectivity index (χ3v) is 4.46. The molecule has 0 unspecified atom stereocenters. The van der Waals surface area contributed by atoms with Gasteiger partial charge in [0.05, 0.1) is 15.9 Å². The summed E-state index contributed by atoms with van der Waals surface area (Å²) in [6.07, 6.45) is 1.70. The van der Waals surface area contributed by atoms with Crippen molar-refractivity contribution in [1.82, 2.24) is 15.2 Å². The maximum Gasteiger partial charge on any atom is 0.284 e. The molecule has 0 radical (unpaired) electrons. The van der Waals surface area contributed by atoms with Crippen LogP contribution in [0, 0.1) is 0 Å². The molecular formula is C17H12N4OS. The standard InChI is InChI=1S/C17H12N4OS/c22-16(17-20-14-6-1-2-7-15(14)23-17)19-12-5-3-4-11(10-12)13-8-9-18-21-13/h1-10H,(H,18,21)(H,19,22). The summed E-state index contributed by atoms with van der Waals surface area (Å²) in [5.74, 6) is -0.201. The van der Waals surface area contributed by atoms with Gasteiger partial charge in [-0.2, -0.15) is 5.10 Å². The molecule has 2 aromatic carbocycles. The third-order valence-electron chi connectivity index (χ3n) is 3.42. The molecule has 0 spiro atoms. The van der Waals surface area contributed by atoms with E-state index in [1.807, 2.05) is 54.6 Å². The van der Waals surface area contributed by atoms with Crippen LogP contribution in [0.25, 0.3) is 21.5 Å². The first-order valence-corrected chi connectivity index (χ1v) is 7.88. The van der Waals surface area contributed by atoms with E-state index in [0.717, 1.165) is 27.2 Å². The van der Waals surface area contributed by atoms with Gasteiger partial charge in [0.15, 0.2) is 5.01 Å². The minimum Gasteiger partial charge on any atom is -0.320 e. The van der Waals surface area contributed by atoms with Crippen molar-refractivity contribution < 1.29 is 4.79 Å². The Kier molecular flexibility index (Phi) is 3.36. The summed E-state index contributed by atoms with van der Waals surface area (Å²) in [6, 6.07) is 17.2. The fourth-order valence-electron chi connectivity index (χ4n) is 2.34. The van der Waals surface area contributed by atoms with Gasteiger partial charge in [0.1, 0.15) is 0 Å². The number of hydrogen-bond donors (Lipinski definition) is 2. The summed E-state index contributed by atoms with van der Waals surface area (Å²) in [4.78, 5) is 16.8. The number of benzene rings is 2. The van der Waals surface area contributed by atoms with Gasteiger partial charge in [-0.3, -0.25) is 9.89 Å². The molecule has 2 heterocycles. The van der Waals surface area contributed by atoms with Gasteiger partial charge in [0.25, 0.3) is 5.91 Å². The Bertz CT molecular complexity index is 942. The number of amides is 1. The van der Waals surface area contributed by atoms with Crippen LogP contribution in [-0.2, 0) is 0 Å². The van der Waals surface area contributed by atoms with E-state index in [1.54, 1.807) is 6.20 Å². The summed E-state index contributed by atoms with van der Waals surface area (Å²) >= 11 is 1.39. The van der Waals surface area contributed by atoms with Gasteiger partial charge in [-0.05, 0) is 30.3 Å². The first-order valence-electron chi connectivity index (χ1n) is 7.06. The number of anilines is 1. The minimum atomic E-state index is -0.201. The molecule has 2 aromatic heterocycles.